The van der Waals surface area contributed by atoms with Crippen molar-refractivity contribution in [1.29, 1.82) is 0 Å². The van der Waals surface area contributed by atoms with Crippen molar-refractivity contribution in [3.05, 3.63) is 29.3 Å². The number of amides is 1. The van der Waals surface area contributed by atoms with Crippen LogP contribution in [-0.4, -0.2) is 37.0 Å². The first-order chi connectivity index (χ1) is 8.58. The Kier molecular flexibility index (Phi) is 4.30. The quantitative estimate of drug-likeness (QED) is 0.820. The summed E-state index contributed by atoms with van der Waals surface area (Å²) in [5.74, 6) is 0.00343. The van der Waals surface area contributed by atoms with E-state index in [0.29, 0.717) is 6.04 Å². The van der Waals surface area contributed by atoms with Crippen LogP contribution < -0.4 is 5.32 Å². The normalized spacial score (nSPS) is 20.1. The maximum atomic E-state index is 12.1. The smallest absolute Gasteiger partial charge is 0.251 e. The molecule has 1 saturated heterocycles. The molecule has 1 aliphatic rings. The largest absolute Gasteiger partial charge is 0.350 e. The molecular weight excluding hydrogens is 244 g/mol. The van der Waals surface area contributed by atoms with Gasteiger partial charge in [0.05, 0.1) is 0 Å². The van der Waals surface area contributed by atoms with E-state index in [-0.39, 0.29) is 5.91 Å². The molecule has 1 unspecified atom stereocenters. The summed E-state index contributed by atoms with van der Waals surface area (Å²) in [4.78, 5) is 15.2. The summed E-state index contributed by atoms with van der Waals surface area (Å²) in [5.41, 5.74) is 1.72. The zero-order chi connectivity index (χ0) is 13.1. The molecule has 1 aromatic rings. The maximum Gasteiger partial charge on any atom is 0.251 e. The second-order valence-corrected chi connectivity index (χ2v) is 5.50. The van der Waals surface area contributed by atoms with Gasteiger partial charge in [0.15, 0.2) is 0 Å². The van der Waals surface area contributed by atoms with Gasteiger partial charge < -0.3 is 10.2 Å². The van der Waals surface area contributed by atoms with E-state index < -0.39 is 0 Å². The fraction of sp³-hybridized carbons (Fsp3) is 0.500. The first-order valence-corrected chi connectivity index (χ1v) is 6.80. The van der Waals surface area contributed by atoms with Gasteiger partial charge in [0.2, 0.25) is 0 Å². The van der Waals surface area contributed by atoms with Gasteiger partial charge in [-0.1, -0.05) is 6.07 Å². The summed E-state index contributed by atoms with van der Waals surface area (Å²) in [6.45, 7) is 3.81. The summed E-state index contributed by atoms with van der Waals surface area (Å²) in [5, 5.41) is 3.02. The highest BCUT2D eigenvalue weighted by Gasteiger charge is 2.21. The summed E-state index contributed by atoms with van der Waals surface area (Å²) < 4.78 is 0. The van der Waals surface area contributed by atoms with Crippen molar-refractivity contribution in [2.24, 2.45) is 0 Å². The molecule has 98 valence electrons. The Hall–Kier alpha value is -1.00. The van der Waals surface area contributed by atoms with Crippen molar-refractivity contribution < 1.29 is 4.79 Å². The minimum Gasteiger partial charge on any atom is -0.350 e. The minimum atomic E-state index is 0.00343. The standard InChI is InChI=1S/C14H20N2OS/c1-10-5-6-12(18)8-13(10)14(17)15-9-11-4-3-7-16(11)2/h5-6,8,11,18H,3-4,7,9H2,1-2H3,(H,15,17). The predicted molar refractivity (Wildman–Crippen MR) is 76.4 cm³/mol. The Morgan fingerprint density at radius 1 is 1.56 bits per heavy atom. The van der Waals surface area contributed by atoms with Crippen LogP contribution in [0.2, 0.25) is 0 Å². The fourth-order valence-corrected chi connectivity index (χ4v) is 2.60. The number of thiol groups is 1. The first kappa shape index (κ1) is 13.4. The summed E-state index contributed by atoms with van der Waals surface area (Å²) in [7, 11) is 2.11. The summed E-state index contributed by atoms with van der Waals surface area (Å²) in [6.07, 6.45) is 2.39. The highest BCUT2D eigenvalue weighted by molar-refractivity contribution is 7.80. The van der Waals surface area contributed by atoms with Gasteiger partial charge in [-0.2, -0.15) is 0 Å². The van der Waals surface area contributed by atoms with Crippen LogP contribution in [0.5, 0.6) is 0 Å². The molecule has 4 heteroatoms. The number of carbonyl (C=O) groups is 1. The monoisotopic (exact) mass is 264 g/mol. The molecule has 1 aliphatic heterocycles. The van der Waals surface area contributed by atoms with Crippen LogP contribution in [0, 0.1) is 6.92 Å². The van der Waals surface area contributed by atoms with Gasteiger partial charge in [-0.15, -0.1) is 12.6 Å². The Morgan fingerprint density at radius 2 is 2.33 bits per heavy atom. The van der Waals surface area contributed by atoms with Crippen LogP contribution in [0.15, 0.2) is 23.1 Å². The van der Waals surface area contributed by atoms with Gasteiger partial charge in [0, 0.05) is 23.0 Å². The lowest BCUT2D eigenvalue weighted by Crippen LogP contribution is -2.38. The molecule has 0 spiro atoms. The lowest BCUT2D eigenvalue weighted by Gasteiger charge is -2.20. The number of aryl methyl sites for hydroxylation is 1. The van der Waals surface area contributed by atoms with Crippen LogP contribution in [-0.2, 0) is 0 Å². The van der Waals surface area contributed by atoms with Crippen LogP contribution in [0.4, 0.5) is 0 Å². The molecule has 0 bridgehead atoms. The zero-order valence-corrected chi connectivity index (χ0v) is 11.8. The van der Waals surface area contributed by atoms with Crippen molar-refractivity contribution >= 4 is 18.5 Å². The number of rotatable bonds is 3. The third kappa shape index (κ3) is 3.06. The van der Waals surface area contributed by atoms with Crippen LogP contribution in [0.3, 0.4) is 0 Å². The van der Waals surface area contributed by atoms with Crippen molar-refractivity contribution in [2.45, 2.75) is 30.7 Å². The van der Waals surface area contributed by atoms with E-state index in [2.05, 4.69) is 29.9 Å². The molecule has 0 saturated carbocycles. The lowest BCUT2D eigenvalue weighted by atomic mass is 10.1. The predicted octanol–water partition coefficient (Wildman–Crippen LogP) is 2.11. The molecule has 3 nitrogen and oxygen atoms in total. The Morgan fingerprint density at radius 3 is 3.00 bits per heavy atom. The number of hydrogen-bond acceptors (Lipinski definition) is 3. The molecule has 1 aromatic carbocycles. The molecule has 0 aliphatic carbocycles. The minimum absolute atomic E-state index is 0.00343. The fourth-order valence-electron chi connectivity index (χ4n) is 2.40. The van der Waals surface area contributed by atoms with Gasteiger partial charge in [-0.3, -0.25) is 4.79 Å². The summed E-state index contributed by atoms with van der Waals surface area (Å²) >= 11 is 4.28. The van der Waals surface area contributed by atoms with Gasteiger partial charge in [0.1, 0.15) is 0 Å². The van der Waals surface area contributed by atoms with Crippen LogP contribution >= 0.6 is 12.6 Å². The highest BCUT2D eigenvalue weighted by atomic mass is 32.1. The Labute approximate surface area is 114 Å². The van der Waals surface area contributed by atoms with E-state index in [4.69, 9.17) is 0 Å². The molecule has 18 heavy (non-hydrogen) atoms. The van der Waals surface area contributed by atoms with Gasteiger partial charge in [0.25, 0.3) is 5.91 Å². The van der Waals surface area contributed by atoms with Gasteiger partial charge in [-0.25, -0.2) is 0 Å². The second kappa shape index (κ2) is 5.76. The maximum absolute atomic E-state index is 12.1. The number of benzene rings is 1. The molecule has 2 rings (SSSR count). The van der Waals surface area contributed by atoms with E-state index in [0.717, 1.165) is 29.1 Å². The van der Waals surface area contributed by atoms with Gasteiger partial charge >= 0.3 is 0 Å². The Bertz CT molecular complexity index is 447. The molecule has 1 atom stereocenters. The lowest BCUT2D eigenvalue weighted by molar-refractivity contribution is 0.0943. The third-order valence-electron chi connectivity index (χ3n) is 3.64. The SMILES string of the molecule is Cc1ccc(S)cc1C(=O)NCC1CCCN1C. The second-order valence-electron chi connectivity index (χ2n) is 4.99. The molecule has 1 N–H and O–H groups in total. The first-order valence-electron chi connectivity index (χ1n) is 6.36. The van der Waals surface area contributed by atoms with Crippen molar-refractivity contribution in [3.8, 4) is 0 Å². The molecule has 1 fully saturated rings. The molecule has 0 aromatic heterocycles. The van der Waals surface area contributed by atoms with E-state index >= 15 is 0 Å². The number of likely N-dealkylation sites (N-methyl/N-ethyl adjacent to an activating group) is 1. The number of nitrogens with zero attached hydrogens (tertiary/aromatic N) is 1. The molecule has 1 amide bonds. The average Bonchev–Trinajstić information content (AvgIpc) is 2.75. The number of likely N-dealkylation sites (tertiary alicyclic amines) is 1. The van der Waals surface area contributed by atoms with Crippen molar-refractivity contribution in [1.82, 2.24) is 10.2 Å². The van der Waals surface area contributed by atoms with E-state index in [1.54, 1.807) is 0 Å². The number of nitrogens with one attached hydrogen (secondary N) is 1. The molecule has 1 heterocycles. The third-order valence-corrected chi connectivity index (χ3v) is 3.91. The van der Waals surface area contributed by atoms with E-state index in [1.807, 2.05) is 25.1 Å². The van der Waals surface area contributed by atoms with Crippen LogP contribution in [0.1, 0.15) is 28.8 Å². The number of carbonyl (C=O) groups excluding carboxylic acids is 1. The summed E-state index contributed by atoms with van der Waals surface area (Å²) in [6, 6.07) is 6.14. The highest BCUT2D eigenvalue weighted by Crippen LogP contribution is 2.16. The topological polar surface area (TPSA) is 32.3 Å². The van der Waals surface area contributed by atoms with E-state index in [9.17, 15) is 4.79 Å². The van der Waals surface area contributed by atoms with Crippen LogP contribution in [0.25, 0.3) is 0 Å². The Balaban J connectivity index is 1.97. The van der Waals surface area contributed by atoms with Crippen molar-refractivity contribution in [2.75, 3.05) is 20.1 Å². The van der Waals surface area contributed by atoms with Gasteiger partial charge in [-0.05, 0) is 51.1 Å². The average molecular weight is 264 g/mol. The van der Waals surface area contributed by atoms with E-state index in [1.165, 1.54) is 12.8 Å². The molecule has 0 radical (unpaired) electrons. The number of hydrogen-bond donors (Lipinski definition) is 2. The van der Waals surface area contributed by atoms with Crippen molar-refractivity contribution in [3.63, 3.8) is 0 Å². The molecular formula is C14H20N2OS. The zero-order valence-electron chi connectivity index (χ0n) is 10.9.